The van der Waals surface area contributed by atoms with Crippen LogP contribution in [0.2, 0.25) is 0 Å². The number of hydrogen-bond donors (Lipinski definition) is 2. The average Bonchev–Trinajstić information content (AvgIpc) is 2.97. The van der Waals surface area contributed by atoms with Crippen LogP contribution in [0.3, 0.4) is 0 Å². The predicted molar refractivity (Wildman–Crippen MR) is 71.8 cm³/mol. The molecule has 1 saturated carbocycles. The number of nitrogens with one attached hydrogen (secondary N) is 1. The smallest absolute Gasteiger partial charge is 0.270 e. The van der Waals surface area contributed by atoms with Crippen molar-refractivity contribution in [3.63, 3.8) is 0 Å². The Morgan fingerprint density at radius 1 is 1.59 bits per heavy atom. The number of hydrogen-bond acceptors (Lipinski definition) is 4. The zero-order valence-electron chi connectivity index (χ0n) is 9.65. The second kappa shape index (κ2) is 6.93. The van der Waals surface area contributed by atoms with Crippen molar-refractivity contribution < 1.29 is 4.79 Å². The van der Waals surface area contributed by atoms with Crippen molar-refractivity contribution >= 4 is 29.7 Å². The number of carbonyl (C=O) groups is 1. The molecule has 6 heteroatoms. The van der Waals surface area contributed by atoms with Crippen LogP contribution in [0.5, 0.6) is 0 Å². The maximum Gasteiger partial charge on any atom is 0.270 e. The first-order chi connectivity index (χ1) is 7.79. The van der Waals surface area contributed by atoms with E-state index in [1.807, 2.05) is 0 Å². The highest BCUT2D eigenvalue weighted by molar-refractivity contribution is 7.09. The molecule has 3 N–H and O–H groups in total. The highest BCUT2D eigenvalue weighted by atomic mass is 35.5. The van der Waals surface area contributed by atoms with Gasteiger partial charge in [-0.1, -0.05) is 12.8 Å². The molecule has 1 aromatic rings. The van der Waals surface area contributed by atoms with E-state index in [0.29, 0.717) is 12.2 Å². The summed E-state index contributed by atoms with van der Waals surface area (Å²) in [5.41, 5.74) is 5.96. The Labute approximate surface area is 111 Å². The van der Waals surface area contributed by atoms with Gasteiger partial charge in [-0.05, 0) is 18.9 Å². The van der Waals surface area contributed by atoms with Crippen molar-refractivity contribution in [1.29, 1.82) is 0 Å². The van der Waals surface area contributed by atoms with Crippen molar-refractivity contribution in [2.24, 2.45) is 11.7 Å². The first kappa shape index (κ1) is 14.4. The molecule has 4 nitrogen and oxygen atoms in total. The van der Waals surface area contributed by atoms with E-state index in [4.69, 9.17) is 5.73 Å². The first-order valence-corrected chi connectivity index (χ1v) is 6.60. The standard InChI is InChI=1S/C11H17N3OS.ClH/c12-5-3-10-14-9(7-16-10)11(15)13-6-4-8-1-2-8;/h7-8H,1-6,12H2,(H,13,15);1H. The Morgan fingerprint density at radius 3 is 3.00 bits per heavy atom. The van der Waals surface area contributed by atoms with Gasteiger partial charge < -0.3 is 11.1 Å². The molecule has 2 rings (SSSR count). The third-order valence-corrected chi connectivity index (χ3v) is 3.59. The Balaban J connectivity index is 0.00000144. The fourth-order valence-corrected chi connectivity index (χ4v) is 2.33. The van der Waals surface area contributed by atoms with E-state index in [0.717, 1.165) is 30.3 Å². The second-order valence-corrected chi connectivity index (χ2v) is 5.10. The van der Waals surface area contributed by atoms with E-state index < -0.39 is 0 Å². The molecule has 0 radical (unpaired) electrons. The molecule has 0 bridgehead atoms. The molecule has 1 aromatic heterocycles. The van der Waals surface area contributed by atoms with Crippen LogP contribution in [0, 0.1) is 5.92 Å². The quantitative estimate of drug-likeness (QED) is 0.829. The van der Waals surface area contributed by atoms with Crippen LogP contribution in [-0.2, 0) is 6.42 Å². The summed E-state index contributed by atoms with van der Waals surface area (Å²) in [6.45, 7) is 1.35. The molecule has 1 aliphatic rings. The second-order valence-electron chi connectivity index (χ2n) is 4.15. The summed E-state index contributed by atoms with van der Waals surface area (Å²) < 4.78 is 0. The zero-order valence-corrected chi connectivity index (χ0v) is 11.3. The van der Waals surface area contributed by atoms with Gasteiger partial charge in [-0.3, -0.25) is 4.79 Å². The molecule has 1 aliphatic carbocycles. The number of rotatable bonds is 6. The lowest BCUT2D eigenvalue weighted by atomic mass is 10.3. The number of thiazole rings is 1. The Kier molecular flexibility index (Phi) is 5.88. The van der Waals surface area contributed by atoms with Gasteiger partial charge in [0, 0.05) is 18.3 Å². The monoisotopic (exact) mass is 275 g/mol. The first-order valence-electron chi connectivity index (χ1n) is 5.72. The van der Waals surface area contributed by atoms with Gasteiger partial charge in [-0.15, -0.1) is 23.7 Å². The largest absolute Gasteiger partial charge is 0.351 e. The van der Waals surface area contributed by atoms with Crippen molar-refractivity contribution in [2.45, 2.75) is 25.7 Å². The molecule has 1 amide bonds. The zero-order chi connectivity index (χ0) is 11.4. The van der Waals surface area contributed by atoms with E-state index in [-0.39, 0.29) is 18.3 Å². The third-order valence-electron chi connectivity index (χ3n) is 2.68. The molecule has 1 fully saturated rings. The molecule has 0 saturated heterocycles. The predicted octanol–water partition coefficient (Wildman–Crippen LogP) is 1.60. The number of halogens is 1. The van der Waals surface area contributed by atoms with Crippen molar-refractivity contribution in [3.8, 4) is 0 Å². The van der Waals surface area contributed by atoms with E-state index >= 15 is 0 Å². The number of aromatic nitrogens is 1. The minimum absolute atomic E-state index is 0. The van der Waals surface area contributed by atoms with Crippen LogP contribution in [0.4, 0.5) is 0 Å². The lowest BCUT2D eigenvalue weighted by molar-refractivity contribution is 0.0948. The number of nitrogens with two attached hydrogens (primary N) is 1. The molecule has 0 aliphatic heterocycles. The summed E-state index contributed by atoms with van der Waals surface area (Å²) in [6.07, 6.45) is 4.51. The summed E-state index contributed by atoms with van der Waals surface area (Å²) in [7, 11) is 0. The molecule has 0 unspecified atom stereocenters. The third kappa shape index (κ3) is 4.61. The summed E-state index contributed by atoms with van der Waals surface area (Å²) in [5.74, 6) is 0.795. The minimum atomic E-state index is -0.0554. The van der Waals surface area contributed by atoms with Gasteiger partial charge in [-0.25, -0.2) is 4.98 Å². The minimum Gasteiger partial charge on any atom is -0.351 e. The number of amides is 1. The highest BCUT2D eigenvalue weighted by Gasteiger charge is 2.20. The molecular weight excluding hydrogens is 258 g/mol. The van der Waals surface area contributed by atoms with Crippen molar-refractivity contribution in [1.82, 2.24) is 10.3 Å². The van der Waals surface area contributed by atoms with Gasteiger partial charge >= 0.3 is 0 Å². The number of carbonyl (C=O) groups excluding carboxylic acids is 1. The summed E-state index contributed by atoms with van der Waals surface area (Å²) >= 11 is 1.50. The Hall–Kier alpha value is -0.650. The van der Waals surface area contributed by atoms with E-state index in [1.165, 1.54) is 24.2 Å². The SMILES string of the molecule is Cl.NCCc1nc(C(=O)NCCC2CC2)cs1. The van der Waals surface area contributed by atoms with Crippen LogP contribution >= 0.6 is 23.7 Å². The summed E-state index contributed by atoms with van der Waals surface area (Å²) in [6, 6.07) is 0. The average molecular weight is 276 g/mol. The van der Waals surface area contributed by atoms with E-state index in [9.17, 15) is 4.79 Å². The van der Waals surface area contributed by atoms with Crippen LogP contribution in [-0.4, -0.2) is 24.0 Å². The van der Waals surface area contributed by atoms with Gasteiger partial charge in [0.25, 0.3) is 5.91 Å². The van der Waals surface area contributed by atoms with E-state index in [2.05, 4.69) is 10.3 Å². The van der Waals surface area contributed by atoms with Gasteiger partial charge in [0.15, 0.2) is 0 Å². The van der Waals surface area contributed by atoms with Gasteiger partial charge in [-0.2, -0.15) is 0 Å². The lowest BCUT2D eigenvalue weighted by Crippen LogP contribution is -2.25. The van der Waals surface area contributed by atoms with Crippen molar-refractivity contribution in [2.75, 3.05) is 13.1 Å². The van der Waals surface area contributed by atoms with E-state index in [1.54, 1.807) is 5.38 Å². The lowest BCUT2D eigenvalue weighted by Gasteiger charge is -2.01. The van der Waals surface area contributed by atoms with Crippen LogP contribution in [0.25, 0.3) is 0 Å². The van der Waals surface area contributed by atoms with Gasteiger partial charge in [0.1, 0.15) is 5.69 Å². The van der Waals surface area contributed by atoms with Gasteiger partial charge in [0.05, 0.1) is 5.01 Å². The van der Waals surface area contributed by atoms with Crippen LogP contribution in [0.15, 0.2) is 5.38 Å². The fourth-order valence-electron chi connectivity index (χ4n) is 1.54. The Morgan fingerprint density at radius 2 is 2.35 bits per heavy atom. The summed E-state index contributed by atoms with van der Waals surface area (Å²) in [4.78, 5) is 15.9. The molecule has 96 valence electrons. The molecule has 0 atom stereocenters. The Bertz CT molecular complexity index is 365. The van der Waals surface area contributed by atoms with Crippen LogP contribution < -0.4 is 11.1 Å². The molecule has 0 aromatic carbocycles. The number of nitrogens with zero attached hydrogens (tertiary/aromatic N) is 1. The summed E-state index contributed by atoms with van der Waals surface area (Å²) in [5, 5.41) is 5.64. The topological polar surface area (TPSA) is 68.0 Å². The highest BCUT2D eigenvalue weighted by Crippen LogP contribution is 2.31. The maximum atomic E-state index is 11.7. The molecule has 0 spiro atoms. The van der Waals surface area contributed by atoms with Gasteiger partial charge in [0.2, 0.25) is 0 Å². The maximum absolute atomic E-state index is 11.7. The fraction of sp³-hybridized carbons (Fsp3) is 0.636. The molecular formula is C11H18ClN3OS. The molecule has 17 heavy (non-hydrogen) atoms. The molecule has 1 heterocycles. The van der Waals surface area contributed by atoms with Crippen LogP contribution in [0.1, 0.15) is 34.8 Å². The van der Waals surface area contributed by atoms with Crippen molar-refractivity contribution in [3.05, 3.63) is 16.1 Å². The normalized spacial score (nSPS) is 14.2.